The van der Waals surface area contributed by atoms with E-state index in [1.165, 1.54) is 38.9 Å². The summed E-state index contributed by atoms with van der Waals surface area (Å²) in [7, 11) is 1.49. The molecule has 20 heavy (non-hydrogen) atoms. The number of methoxy groups -OCH3 is 1. The normalized spacial score (nSPS) is 29.6. The van der Waals surface area contributed by atoms with Crippen LogP contribution in [0.2, 0.25) is 0 Å². The van der Waals surface area contributed by atoms with Crippen molar-refractivity contribution in [1.29, 1.82) is 0 Å². The van der Waals surface area contributed by atoms with Crippen LogP contribution in [0, 0.1) is 23.6 Å². The summed E-state index contributed by atoms with van der Waals surface area (Å²) in [5.74, 6) is 8.25. The van der Waals surface area contributed by atoms with Crippen molar-refractivity contribution in [3.63, 3.8) is 0 Å². The first-order valence-corrected chi connectivity index (χ1v) is 7.50. The Labute approximate surface area is 119 Å². The summed E-state index contributed by atoms with van der Waals surface area (Å²) in [5, 5.41) is 0. The summed E-state index contributed by atoms with van der Waals surface area (Å²) in [6.07, 6.45) is 6.55. The highest BCUT2D eigenvalue weighted by molar-refractivity contribution is 5.32. The minimum absolute atomic E-state index is 0.0776. The minimum atomic E-state index is -0.327. The largest absolute Gasteiger partial charge is 0.494 e. The maximum Gasteiger partial charge on any atom is 0.165 e. The van der Waals surface area contributed by atoms with Gasteiger partial charge in [0.15, 0.2) is 11.6 Å². The van der Waals surface area contributed by atoms with E-state index in [2.05, 4.69) is 5.43 Å². The van der Waals surface area contributed by atoms with Crippen LogP contribution in [0.25, 0.3) is 0 Å². The Morgan fingerprint density at radius 1 is 1.40 bits per heavy atom. The van der Waals surface area contributed by atoms with Crippen LogP contribution in [-0.2, 0) is 0 Å². The van der Waals surface area contributed by atoms with Gasteiger partial charge in [-0.15, -0.1) is 0 Å². The van der Waals surface area contributed by atoms with E-state index in [1.54, 1.807) is 12.1 Å². The maximum atomic E-state index is 13.5. The number of benzene rings is 1. The van der Waals surface area contributed by atoms with Crippen molar-refractivity contribution in [2.24, 2.45) is 23.6 Å². The van der Waals surface area contributed by atoms with E-state index < -0.39 is 0 Å². The van der Waals surface area contributed by atoms with Crippen LogP contribution in [0.5, 0.6) is 5.75 Å². The molecule has 2 bridgehead atoms. The highest BCUT2D eigenvalue weighted by atomic mass is 19.1. The minimum Gasteiger partial charge on any atom is -0.494 e. The Kier molecular flexibility index (Phi) is 3.94. The van der Waals surface area contributed by atoms with Crippen molar-refractivity contribution < 1.29 is 9.13 Å². The fourth-order valence-electron chi connectivity index (χ4n) is 4.16. The molecule has 0 saturated heterocycles. The van der Waals surface area contributed by atoms with Gasteiger partial charge in [-0.2, -0.15) is 0 Å². The molecule has 0 aliphatic heterocycles. The summed E-state index contributed by atoms with van der Waals surface area (Å²) in [6.45, 7) is 0. The molecule has 1 aromatic rings. The molecule has 4 atom stereocenters. The second kappa shape index (κ2) is 5.70. The zero-order valence-electron chi connectivity index (χ0n) is 11.9. The van der Waals surface area contributed by atoms with Gasteiger partial charge in [0.2, 0.25) is 0 Å². The fraction of sp³-hybridized carbons (Fsp3) is 0.625. The number of ether oxygens (including phenoxy) is 1. The van der Waals surface area contributed by atoms with Gasteiger partial charge >= 0.3 is 0 Å². The molecule has 0 radical (unpaired) electrons. The lowest BCUT2D eigenvalue weighted by Gasteiger charge is -2.26. The first kappa shape index (κ1) is 13.8. The van der Waals surface area contributed by atoms with E-state index in [1.807, 2.05) is 0 Å². The van der Waals surface area contributed by atoms with E-state index >= 15 is 0 Å². The van der Waals surface area contributed by atoms with Gasteiger partial charge in [0.1, 0.15) is 0 Å². The summed E-state index contributed by atoms with van der Waals surface area (Å²) in [4.78, 5) is 0. The molecular formula is C16H23FN2O. The highest BCUT2D eigenvalue weighted by Gasteiger charge is 2.40. The molecule has 2 aliphatic rings. The third-order valence-electron chi connectivity index (χ3n) is 5.20. The van der Waals surface area contributed by atoms with Crippen molar-refractivity contribution in [2.45, 2.75) is 38.1 Å². The Morgan fingerprint density at radius 2 is 2.25 bits per heavy atom. The van der Waals surface area contributed by atoms with Gasteiger partial charge in [0.05, 0.1) is 7.11 Å². The first-order valence-electron chi connectivity index (χ1n) is 7.50. The third-order valence-corrected chi connectivity index (χ3v) is 5.20. The average molecular weight is 278 g/mol. The number of hydrazine groups is 1. The zero-order valence-corrected chi connectivity index (χ0v) is 11.9. The molecular weight excluding hydrogens is 255 g/mol. The van der Waals surface area contributed by atoms with Crippen molar-refractivity contribution in [1.82, 2.24) is 5.43 Å². The van der Waals surface area contributed by atoms with Gasteiger partial charge in [0.25, 0.3) is 0 Å². The SMILES string of the molecule is COc1cc(C(CC2CC3CCC2C3)NN)ccc1F. The van der Waals surface area contributed by atoms with Gasteiger partial charge in [-0.05, 0) is 61.1 Å². The van der Waals surface area contributed by atoms with Crippen LogP contribution in [0.15, 0.2) is 18.2 Å². The highest BCUT2D eigenvalue weighted by Crippen LogP contribution is 2.50. The molecule has 0 spiro atoms. The molecule has 1 aromatic carbocycles. The Morgan fingerprint density at radius 3 is 2.85 bits per heavy atom. The second-order valence-corrected chi connectivity index (χ2v) is 6.28. The van der Waals surface area contributed by atoms with Crippen LogP contribution < -0.4 is 16.0 Å². The van der Waals surface area contributed by atoms with E-state index in [0.29, 0.717) is 0 Å². The van der Waals surface area contributed by atoms with Gasteiger partial charge < -0.3 is 4.74 Å². The van der Waals surface area contributed by atoms with E-state index in [9.17, 15) is 4.39 Å². The van der Waals surface area contributed by atoms with Crippen LogP contribution in [0.3, 0.4) is 0 Å². The number of hydrogen-bond acceptors (Lipinski definition) is 3. The molecule has 4 unspecified atom stereocenters. The van der Waals surface area contributed by atoms with Gasteiger partial charge in [0, 0.05) is 6.04 Å². The molecule has 4 heteroatoms. The average Bonchev–Trinajstić information content (AvgIpc) is 3.08. The predicted molar refractivity (Wildman–Crippen MR) is 76.6 cm³/mol. The van der Waals surface area contributed by atoms with E-state index in [0.717, 1.165) is 29.7 Å². The van der Waals surface area contributed by atoms with Gasteiger partial charge in [-0.1, -0.05) is 12.5 Å². The Hall–Kier alpha value is -1.13. The van der Waals surface area contributed by atoms with E-state index in [-0.39, 0.29) is 17.6 Å². The molecule has 0 heterocycles. The van der Waals surface area contributed by atoms with Crippen molar-refractivity contribution in [3.05, 3.63) is 29.6 Å². The summed E-state index contributed by atoms with van der Waals surface area (Å²) in [5.41, 5.74) is 3.91. The summed E-state index contributed by atoms with van der Waals surface area (Å²) in [6, 6.07) is 5.09. The predicted octanol–water partition coefficient (Wildman–Crippen LogP) is 3.17. The molecule has 3 N–H and O–H groups in total. The lowest BCUT2D eigenvalue weighted by molar-refractivity contribution is 0.279. The molecule has 110 valence electrons. The number of hydrogen-bond donors (Lipinski definition) is 2. The third kappa shape index (κ3) is 2.54. The van der Waals surface area contributed by atoms with Crippen LogP contribution in [-0.4, -0.2) is 7.11 Å². The molecule has 2 saturated carbocycles. The number of fused-ring (bicyclic) bond motifs is 2. The van der Waals surface area contributed by atoms with E-state index in [4.69, 9.17) is 10.6 Å². The number of nitrogens with two attached hydrogens (primary N) is 1. The standard InChI is InChI=1S/C16H23FN2O/c1-20-16-9-12(4-5-14(16)17)15(19-18)8-13-7-10-2-3-11(13)6-10/h4-5,9-11,13,15,19H,2-3,6-8,18H2,1H3. The Balaban J connectivity index is 1.73. The second-order valence-electron chi connectivity index (χ2n) is 6.28. The molecule has 0 amide bonds. The first-order chi connectivity index (χ1) is 9.71. The topological polar surface area (TPSA) is 47.3 Å². The number of nitrogens with one attached hydrogen (secondary N) is 1. The summed E-state index contributed by atoms with van der Waals surface area (Å²) >= 11 is 0. The maximum absolute atomic E-state index is 13.5. The monoisotopic (exact) mass is 278 g/mol. The fourth-order valence-corrected chi connectivity index (χ4v) is 4.16. The number of halogens is 1. The number of rotatable bonds is 5. The molecule has 3 rings (SSSR count). The van der Waals surface area contributed by atoms with Crippen molar-refractivity contribution >= 4 is 0 Å². The molecule has 0 aromatic heterocycles. The molecule has 2 aliphatic carbocycles. The van der Waals surface area contributed by atoms with Crippen LogP contribution in [0.1, 0.15) is 43.7 Å². The van der Waals surface area contributed by atoms with Crippen molar-refractivity contribution in [2.75, 3.05) is 7.11 Å². The molecule has 2 fully saturated rings. The smallest absolute Gasteiger partial charge is 0.165 e. The van der Waals surface area contributed by atoms with Gasteiger partial charge in [-0.25, -0.2) is 4.39 Å². The van der Waals surface area contributed by atoms with Crippen LogP contribution >= 0.6 is 0 Å². The lowest BCUT2D eigenvalue weighted by atomic mass is 9.83. The van der Waals surface area contributed by atoms with Crippen LogP contribution in [0.4, 0.5) is 4.39 Å². The summed E-state index contributed by atoms with van der Waals surface area (Å²) < 4.78 is 18.5. The van der Waals surface area contributed by atoms with Crippen molar-refractivity contribution in [3.8, 4) is 5.75 Å². The Bertz CT molecular complexity index is 480. The zero-order chi connectivity index (χ0) is 14.1. The molecule has 3 nitrogen and oxygen atoms in total. The lowest BCUT2D eigenvalue weighted by Crippen LogP contribution is -2.30. The van der Waals surface area contributed by atoms with Gasteiger partial charge in [-0.3, -0.25) is 11.3 Å². The quantitative estimate of drug-likeness (QED) is 0.642.